The van der Waals surface area contributed by atoms with E-state index in [1.165, 1.54) is 0 Å². The average molecular weight is 218 g/mol. The molecule has 2 atom stereocenters. The molecule has 0 aromatic rings. The largest absolute Gasteiger partial charge is 0.406 e. The molecule has 0 radical (unpaired) electrons. The van der Waals surface area contributed by atoms with E-state index in [1.807, 2.05) is 0 Å². The maximum absolute atomic E-state index is 10.7. The third-order valence-electron chi connectivity index (χ3n) is 0.978. The van der Waals surface area contributed by atoms with E-state index in [1.54, 1.807) is 0 Å². The Morgan fingerprint density at radius 2 is 1.33 bits per heavy atom. The van der Waals surface area contributed by atoms with Gasteiger partial charge in [0, 0.05) is 14.2 Å². The number of carbonyl (C=O) groups is 1. The van der Waals surface area contributed by atoms with E-state index < -0.39 is 20.5 Å². The number of rotatable bonds is 4. The Hall–Kier alpha value is -0.0300. The summed E-state index contributed by atoms with van der Waals surface area (Å²) in [6.45, 7) is 0. The summed E-state index contributed by atoms with van der Waals surface area (Å²) in [5, 5.41) is -1.83. The maximum atomic E-state index is 10.7. The quantitative estimate of drug-likeness (QED) is 0.670. The fourth-order valence-corrected chi connectivity index (χ4v) is 2.40. The lowest BCUT2D eigenvalue weighted by Gasteiger charge is -2.10. The van der Waals surface area contributed by atoms with E-state index >= 15 is 0 Å². The van der Waals surface area contributed by atoms with Gasteiger partial charge in [0.2, 0.25) is 0 Å². The molecule has 0 aliphatic carbocycles. The van der Waals surface area contributed by atoms with Crippen molar-refractivity contribution < 1.29 is 32.8 Å². The van der Waals surface area contributed by atoms with Gasteiger partial charge in [-0.25, -0.2) is 0 Å². The summed E-state index contributed by atoms with van der Waals surface area (Å²) in [6, 6.07) is 0. The van der Waals surface area contributed by atoms with Gasteiger partial charge in [0.05, 0.1) is 0 Å². The monoisotopic (exact) mass is 218 g/mol. The second-order valence-electron chi connectivity index (χ2n) is 1.69. The van der Waals surface area contributed by atoms with Crippen LogP contribution in [-0.2, 0) is 18.2 Å². The first kappa shape index (κ1) is 12.0. The highest BCUT2D eigenvalue weighted by atomic mass is 31.2. The van der Waals surface area contributed by atoms with Crippen LogP contribution in [-0.4, -0.2) is 29.3 Å². The van der Waals surface area contributed by atoms with E-state index in [9.17, 15) is 13.9 Å². The first-order valence-corrected chi connectivity index (χ1v) is 5.75. The lowest BCUT2D eigenvalue weighted by Crippen LogP contribution is -2.01. The first-order chi connectivity index (χ1) is 5.28. The normalized spacial score (nSPS) is 21.0. The molecule has 0 aromatic carbocycles. The van der Waals surface area contributed by atoms with Crippen LogP contribution in [0.15, 0.2) is 0 Å². The Morgan fingerprint density at radius 1 is 1.08 bits per heavy atom. The zero-order valence-electron chi connectivity index (χ0n) is 6.33. The molecule has 0 spiro atoms. The molecule has 0 bridgehead atoms. The van der Waals surface area contributed by atoms with Gasteiger partial charge in [-0.3, -0.25) is 13.9 Å². The van der Waals surface area contributed by atoms with Crippen molar-refractivity contribution in [3.8, 4) is 0 Å². The summed E-state index contributed by atoms with van der Waals surface area (Å²) < 4.78 is 29.0. The van der Waals surface area contributed by atoms with Gasteiger partial charge in [-0.1, -0.05) is 0 Å². The van der Waals surface area contributed by atoms with Crippen molar-refractivity contribution in [2.24, 2.45) is 0 Å². The second kappa shape index (κ2) is 3.79. The second-order valence-corrected chi connectivity index (χ2v) is 5.67. The highest BCUT2D eigenvalue weighted by Crippen LogP contribution is 2.59. The van der Waals surface area contributed by atoms with Crippen LogP contribution in [0, 0.1) is 0 Å². The topological polar surface area (TPSA) is 110 Å². The van der Waals surface area contributed by atoms with Crippen LogP contribution in [0.5, 0.6) is 0 Å². The minimum atomic E-state index is -4.68. The van der Waals surface area contributed by atoms with Crippen LogP contribution >= 0.6 is 15.2 Å². The van der Waals surface area contributed by atoms with Crippen molar-refractivity contribution in [3.63, 3.8) is 0 Å². The molecule has 2 unspecified atom stereocenters. The zero-order valence-corrected chi connectivity index (χ0v) is 8.12. The summed E-state index contributed by atoms with van der Waals surface area (Å²) in [5.41, 5.74) is 0. The van der Waals surface area contributed by atoms with Gasteiger partial charge in [-0.05, 0) is 0 Å². The van der Waals surface area contributed by atoms with Crippen LogP contribution in [0.3, 0.4) is 0 Å². The Morgan fingerprint density at radius 3 is 1.50 bits per heavy atom. The fourth-order valence-electron chi connectivity index (χ4n) is 0.316. The maximum Gasteiger partial charge on any atom is 0.406 e. The van der Waals surface area contributed by atoms with E-state index in [2.05, 4.69) is 9.05 Å². The van der Waals surface area contributed by atoms with Crippen LogP contribution < -0.4 is 0 Å². The van der Waals surface area contributed by atoms with Crippen molar-refractivity contribution >= 4 is 20.5 Å². The van der Waals surface area contributed by atoms with E-state index in [4.69, 9.17) is 9.79 Å². The van der Waals surface area contributed by atoms with Gasteiger partial charge in [-0.15, -0.1) is 0 Å². The molecule has 0 saturated heterocycles. The van der Waals surface area contributed by atoms with Crippen LogP contribution in [0.1, 0.15) is 0 Å². The van der Waals surface area contributed by atoms with Crippen LogP contribution in [0.25, 0.3) is 0 Å². The SMILES string of the molecule is COP(=O)(O)C(=O)P(=O)(O)OC. The van der Waals surface area contributed by atoms with Crippen molar-refractivity contribution in [1.29, 1.82) is 0 Å². The molecule has 72 valence electrons. The molecular weight excluding hydrogens is 210 g/mol. The lowest BCUT2D eigenvalue weighted by molar-refractivity contribution is 0.245. The predicted octanol–water partition coefficient (Wildman–Crippen LogP) is 0.770. The molecule has 0 amide bonds. The third kappa shape index (κ3) is 2.48. The molecular formula is C3H8O7P2. The van der Waals surface area contributed by atoms with Gasteiger partial charge in [0.25, 0.3) is 0 Å². The van der Waals surface area contributed by atoms with Crippen molar-refractivity contribution in [1.82, 2.24) is 0 Å². The summed E-state index contributed by atoms with van der Waals surface area (Å²) in [4.78, 5) is 27.9. The number of carbonyl (C=O) groups excluding carboxylic acids is 1. The summed E-state index contributed by atoms with van der Waals surface area (Å²) in [5.74, 6) is 0. The summed E-state index contributed by atoms with van der Waals surface area (Å²) >= 11 is 0. The van der Waals surface area contributed by atoms with Gasteiger partial charge in [0.15, 0.2) is 0 Å². The fraction of sp³-hybridized carbons (Fsp3) is 0.667. The van der Waals surface area contributed by atoms with Crippen molar-refractivity contribution in [3.05, 3.63) is 0 Å². The molecule has 0 aliphatic rings. The molecule has 9 heteroatoms. The highest BCUT2D eigenvalue weighted by Gasteiger charge is 2.44. The molecule has 0 rings (SSSR count). The smallest absolute Gasteiger partial charge is 0.318 e. The summed E-state index contributed by atoms with van der Waals surface area (Å²) in [7, 11) is -7.81. The van der Waals surface area contributed by atoms with E-state index in [-0.39, 0.29) is 0 Å². The summed E-state index contributed by atoms with van der Waals surface area (Å²) in [6.07, 6.45) is 0. The standard InChI is InChI=1S/C3H8O7P2/c1-9-11(5,6)3(4)12(7,8)10-2/h1-2H3,(H,5,6)(H,7,8). The Kier molecular flexibility index (Phi) is 3.78. The van der Waals surface area contributed by atoms with Crippen LogP contribution in [0.2, 0.25) is 0 Å². The minimum Gasteiger partial charge on any atom is -0.318 e. The molecule has 0 aromatic heterocycles. The van der Waals surface area contributed by atoms with Crippen molar-refractivity contribution in [2.45, 2.75) is 0 Å². The Balaban J connectivity index is 4.86. The molecule has 2 N–H and O–H groups in total. The Labute approximate surface area is 68.4 Å². The Bertz CT molecular complexity index is 244. The predicted molar refractivity (Wildman–Crippen MR) is 39.1 cm³/mol. The highest BCUT2D eigenvalue weighted by molar-refractivity contribution is 7.97. The molecule has 7 nitrogen and oxygen atoms in total. The van der Waals surface area contributed by atoms with Gasteiger partial charge in [-0.2, -0.15) is 0 Å². The number of hydrogen-bond donors (Lipinski definition) is 2. The zero-order chi connectivity index (χ0) is 9.99. The molecule has 0 aliphatic heterocycles. The van der Waals surface area contributed by atoms with E-state index in [0.717, 1.165) is 14.2 Å². The number of hydrogen-bond acceptors (Lipinski definition) is 5. The lowest BCUT2D eigenvalue weighted by atomic mass is 11.8. The van der Waals surface area contributed by atoms with E-state index in [0.29, 0.717) is 0 Å². The molecule has 0 heterocycles. The molecule has 0 fully saturated rings. The van der Waals surface area contributed by atoms with Gasteiger partial charge >= 0.3 is 20.5 Å². The van der Waals surface area contributed by atoms with Crippen molar-refractivity contribution in [2.75, 3.05) is 14.2 Å². The average Bonchev–Trinajstić information content (AvgIpc) is 2.03. The first-order valence-electron chi connectivity index (χ1n) is 2.60. The van der Waals surface area contributed by atoms with Gasteiger partial charge in [0.1, 0.15) is 0 Å². The molecule has 0 saturated carbocycles. The van der Waals surface area contributed by atoms with Gasteiger partial charge < -0.3 is 18.8 Å². The third-order valence-corrected chi connectivity index (χ3v) is 4.45. The van der Waals surface area contributed by atoms with Crippen LogP contribution in [0.4, 0.5) is 4.79 Å². The minimum absolute atomic E-state index is 0.772. The molecule has 12 heavy (non-hydrogen) atoms.